The number of aromatic amines is 1. The van der Waals surface area contributed by atoms with Gasteiger partial charge in [-0.3, -0.25) is 4.90 Å². The number of rotatable bonds is 5. The number of nitrogens with one attached hydrogen (secondary N) is 2. The maximum Gasteiger partial charge on any atom is 0.135 e. The molecule has 4 rings (SSSR count). The van der Waals surface area contributed by atoms with Crippen LogP contribution in [0.1, 0.15) is 42.5 Å². The Balaban J connectivity index is 1.58. The predicted octanol–water partition coefficient (Wildman–Crippen LogP) is 3.37. The van der Waals surface area contributed by atoms with Gasteiger partial charge in [0.2, 0.25) is 0 Å². The number of hydrogen-bond acceptors (Lipinski definition) is 6. The summed E-state index contributed by atoms with van der Waals surface area (Å²) in [6.45, 7) is 3.86. The quantitative estimate of drug-likeness (QED) is 0.735. The van der Waals surface area contributed by atoms with Crippen LogP contribution in [0.4, 0.5) is 11.6 Å². The summed E-state index contributed by atoms with van der Waals surface area (Å²) in [4.78, 5) is 23.4. The fourth-order valence-corrected chi connectivity index (χ4v) is 3.50. The van der Waals surface area contributed by atoms with Gasteiger partial charge in [0, 0.05) is 30.7 Å². The van der Waals surface area contributed by atoms with Crippen molar-refractivity contribution >= 4 is 11.6 Å². The number of likely N-dealkylation sites (tertiary alicyclic amines) is 1. The van der Waals surface area contributed by atoms with E-state index in [2.05, 4.69) is 36.2 Å². The molecule has 0 unspecified atom stereocenters. The first-order valence-electron chi connectivity index (χ1n) is 9.03. The average Bonchev–Trinajstić information content (AvgIpc) is 3.16. The highest BCUT2D eigenvalue weighted by atomic mass is 15.2. The van der Waals surface area contributed by atoms with Gasteiger partial charge in [0.15, 0.2) is 0 Å². The molecule has 134 valence electrons. The van der Waals surface area contributed by atoms with E-state index in [1.54, 1.807) is 12.5 Å². The van der Waals surface area contributed by atoms with Gasteiger partial charge in [-0.25, -0.2) is 19.9 Å². The monoisotopic (exact) mass is 349 g/mol. The van der Waals surface area contributed by atoms with Gasteiger partial charge in [-0.15, -0.1) is 0 Å². The van der Waals surface area contributed by atoms with Gasteiger partial charge in [-0.05, 0) is 38.4 Å². The van der Waals surface area contributed by atoms with E-state index >= 15 is 0 Å². The Hall–Kier alpha value is -2.80. The van der Waals surface area contributed by atoms with Crippen molar-refractivity contribution < 1.29 is 0 Å². The lowest BCUT2D eigenvalue weighted by Crippen LogP contribution is -2.33. The van der Waals surface area contributed by atoms with Crippen molar-refractivity contribution in [2.75, 3.05) is 11.9 Å². The van der Waals surface area contributed by atoms with Gasteiger partial charge in [0.05, 0.1) is 18.1 Å². The van der Waals surface area contributed by atoms with Crippen LogP contribution in [0.15, 0.2) is 43.0 Å². The molecule has 1 saturated heterocycles. The Morgan fingerprint density at radius 1 is 1.23 bits per heavy atom. The highest BCUT2D eigenvalue weighted by Gasteiger charge is 2.26. The van der Waals surface area contributed by atoms with Crippen molar-refractivity contribution in [2.24, 2.45) is 0 Å². The van der Waals surface area contributed by atoms with E-state index in [4.69, 9.17) is 4.98 Å². The third-order valence-corrected chi connectivity index (χ3v) is 4.66. The molecule has 4 heterocycles. The maximum atomic E-state index is 4.74. The summed E-state index contributed by atoms with van der Waals surface area (Å²) >= 11 is 0. The number of imidazole rings is 1. The van der Waals surface area contributed by atoms with Crippen LogP contribution in [0.5, 0.6) is 0 Å². The molecule has 0 saturated carbocycles. The molecule has 0 aliphatic carbocycles. The summed E-state index contributed by atoms with van der Waals surface area (Å²) in [6.07, 6.45) is 8.94. The highest BCUT2D eigenvalue weighted by molar-refractivity contribution is 5.51. The molecule has 7 heteroatoms. The zero-order valence-corrected chi connectivity index (χ0v) is 14.9. The van der Waals surface area contributed by atoms with Crippen molar-refractivity contribution in [1.82, 2.24) is 29.8 Å². The molecule has 26 heavy (non-hydrogen) atoms. The van der Waals surface area contributed by atoms with E-state index in [0.717, 1.165) is 48.4 Å². The first-order chi connectivity index (χ1) is 12.8. The van der Waals surface area contributed by atoms with E-state index in [-0.39, 0.29) is 6.04 Å². The lowest BCUT2D eigenvalue weighted by Gasteiger charge is -2.35. The van der Waals surface area contributed by atoms with Gasteiger partial charge in [-0.1, -0.05) is 12.5 Å². The fourth-order valence-electron chi connectivity index (χ4n) is 3.50. The maximum absolute atomic E-state index is 4.74. The lowest BCUT2D eigenvalue weighted by atomic mass is 9.98. The van der Waals surface area contributed by atoms with Crippen molar-refractivity contribution in [1.29, 1.82) is 0 Å². The topological polar surface area (TPSA) is 82.6 Å². The molecule has 3 aromatic heterocycles. The van der Waals surface area contributed by atoms with Crippen LogP contribution in [0, 0.1) is 6.92 Å². The molecule has 0 bridgehead atoms. The summed E-state index contributed by atoms with van der Waals surface area (Å²) in [6, 6.07) is 8.13. The fraction of sp³-hybridized carbons (Fsp3) is 0.368. The van der Waals surface area contributed by atoms with Crippen molar-refractivity contribution in [3.8, 4) is 0 Å². The Labute approximate surface area is 152 Å². The van der Waals surface area contributed by atoms with Gasteiger partial charge in [0.25, 0.3) is 0 Å². The highest BCUT2D eigenvalue weighted by Crippen LogP contribution is 2.32. The van der Waals surface area contributed by atoms with Crippen LogP contribution < -0.4 is 5.32 Å². The summed E-state index contributed by atoms with van der Waals surface area (Å²) in [5.74, 6) is 2.35. The minimum absolute atomic E-state index is 0.290. The van der Waals surface area contributed by atoms with Crippen LogP contribution in [0.25, 0.3) is 0 Å². The van der Waals surface area contributed by atoms with Crippen molar-refractivity contribution in [3.05, 3.63) is 60.2 Å². The molecule has 3 aromatic rings. The van der Waals surface area contributed by atoms with Gasteiger partial charge in [-0.2, -0.15) is 0 Å². The number of pyridine rings is 1. The van der Waals surface area contributed by atoms with Gasteiger partial charge < -0.3 is 10.3 Å². The molecule has 0 spiro atoms. The summed E-state index contributed by atoms with van der Waals surface area (Å²) in [7, 11) is 0. The number of aryl methyl sites for hydroxylation is 1. The van der Waals surface area contributed by atoms with Crippen LogP contribution in [0.2, 0.25) is 0 Å². The average molecular weight is 349 g/mol. The van der Waals surface area contributed by atoms with E-state index in [9.17, 15) is 0 Å². The zero-order chi connectivity index (χ0) is 17.8. The molecule has 0 aromatic carbocycles. The number of H-pyrrole nitrogens is 1. The second-order valence-corrected chi connectivity index (χ2v) is 6.62. The first kappa shape index (κ1) is 16.7. The van der Waals surface area contributed by atoms with Gasteiger partial charge >= 0.3 is 0 Å². The largest absolute Gasteiger partial charge is 0.347 e. The zero-order valence-electron chi connectivity index (χ0n) is 14.9. The minimum atomic E-state index is 0.290. The number of nitrogens with zero attached hydrogens (tertiary/aromatic N) is 5. The normalized spacial score (nSPS) is 18.0. The van der Waals surface area contributed by atoms with Crippen LogP contribution in [0.3, 0.4) is 0 Å². The SMILES string of the molecule is Cc1nc(Nc2ccccn2)cc([C@H]2CCCCN2Cc2cnc[nH]2)n1. The second-order valence-electron chi connectivity index (χ2n) is 6.62. The summed E-state index contributed by atoms with van der Waals surface area (Å²) < 4.78 is 0. The van der Waals surface area contributed by atoms with E-state index in [0.29, 0.717) is 0 Å². The van der Waals surface area contributed by atoms with E-state index in [1.165, 1.54) is 12.8 Å². The number of piperidine rings is 1. The molecule has 0 radical (unpaired) electrons. The van der Waals surface area contributed by atoms with Crippen molar-refractivity contribution in [3.63, 3.8) is 0 Å². The number of aromatic nitrogens is 5. The van der Waals surface area contributed by atoms with E-state index < -0.39 is 0 Å². The Bertz CT molecular complexity index is 832. The first-order valence-corrected chi connectivity index (χ1v) is 9.03. The molecule has 1 fully saturated rings. The summed E-state index contributed by atoms with van der Waals surface area (Å²) in [5.41, 5.74) is 2.20. The van der Waals surface area contributed by atoms with Crippen molar-refractivity contribution in [2.45, 2.75) is 38.8 Å². The van der Waals surface area contributed by atoms with Crippen LogP contribution in [-0.2, 0) is 6.54 Å². The third kappa shape index (κ3) is 3.88. The molecule has 1 aliphatic rings. The standard InChI is InChI=1S/C19H23N7/c1-14-23-16(10-19(24-14)25-18-7-2-4-8-21-18)17-6-3-5-9-26(17)12-15-11-20-13-22-15/h2,4,7-8,10-11,13,17H,3,5-6,9,12H2,1H3,(H,20,22)(H,21,23,24,25)/t17-/m1/s1. The molecule has 7 nitrogen and oxygen atoms in total. The van der Waals surface area contributed by atoms with Crippen LogP contribution in [-0.4, -0.2) is 36.4 Å². The molecular weight excluding hydrogens is 326 g/mol. The predicted molar refractivity (Wildman–Crippen MR) is 99.9 cm³/mol. The summed E-state index contributed by atoms with van der Waals surface area (Å²) in [5, 5.41) is 3.29. The lowest BCUT2D eigenvalue weighted by molar-refractivity contribution is 0.135. The third-order valence-electron chi connectivity index (χ3n) is 4.66. The van der Waals surface area contributed by atoms with Crippen LogP contribution >= 0.6 is 0 Å². The minimum Gasteiger partial charge on any atom is -0.347 e. The second kappa shape index (κ2) is 7.61. The number of anilines is 2. The molecular formula is C19H23N7. The molecule has 2 N–H and O–H groups in total. The molecule has 0 amide bonds. The Morgan fingerprint density at radius 3 is 3.00 bits per heavy atom. The Kier molecular flexibility index (Phi) is 4.88. The molecule has 1 atom stereocenters. The smallest absolute Gasteiger partial charge is 0.135 e. The van der Waals surface area contributed by atoms with Gasteiger partial charge in [0.1, 0.15) is 17.5 Å². The molecule has 1 aliphatic heterocycles. The Morgan fingerprint density at radius 2 is 2.19 bits per heavy atom. The number of hydrogen-bond donors (Lipinski definition) is 2. The van der Waals surface area contributed by atoms with E-state index in [1.807, 2.05) is 31.3 Å².